The van der Waals surface area contributed by atoms with Crippen LogP contribution in [0.5, 0.6) is 0 Å². The quantitative estimate of drug-likeness (QED) is 0.675. The fourth-order valence-corrected chi connectivity index (χ4v) is 2.75. The highest BCUT2D eigenvalue weighted by Crippen LogP contribution is 2.29. The van der Waals surface area contributed by atoms with Crippen molar-refractivity contribution in [2.45, 2.75) is 26.2 Å². The maximum Gasteiger partial charge on any atom is 0.221 e. The summed E-state index contributed by atoms with van der Waals surface area (Å²) in [5.41, 5.74) is 2.15. The molecule has 1 aliphatic carbocycles. The lowest BCUT2D eigenvalue weighted by Gasteiger charge is -2.09. The van der Waals surface area contributed by atoms with Crippen LogP contribution in [0.25, 0.3) is 6.08 Å². The highest BCUT2D eigenvalue weighted by atomic mass is 19.1. The third-order valence-corrected chi connectivity index (χ3v) is 3.81. The maximum atomic E-state index is 14.2. The highest BCUT2D eigenvalue weighted by molar-refractivity contribution is 6.13. The van der Waals surface area contributed by atoms with E-state index in [0.29, 0.717) is 30.4 Å². The number of carbonyl (C=O) groups excluding carboxylic acids is 2. The number of ketones is 1. The molecule has 0 atom stereocenters. The number of nitriles is 1. The third-order valence-electron chi connectivity index (χ3n) is 3.81. The van der Waals surface area contributed by atoms with Crippen molar-refractivity contribution in [2.75, 3.05) is 19.4 Å². The van der Waals surface area contributed by atoms with Gasteiger partial charge in [0.25, 0.3) is 0 Å². The molecule has 0 aliphatic heterocycles. The summed E-state index contributed by atoms with van der Waals surface area (Å²) in [5, 5.41) is 11.7. The average Bonchev–Trinajstić information content (AvgIpc) is 2.73. The largest absolute Gasteiger partial charge is 0.382 e. The standard InChI is InChI=1S/C19H20FN3O2/c1-12(24)22-18-9-13-5-4-6-14(7-15(13)8-17(18)20)19(25)16(10-21)11-23(2)3/h7-9,11H,4-6H2,1-3H3,(H,22,24)/b16-11+. The number of fused-ring (bicyclic) bond motifs is 1. The molecule has 0 saturated heterocycles. The van der Waals surface area contributed by atoms with Crippen LogP contribution in [0.1, 0.15) is 30.9 Å². The van der Waals surface area contributed by atoms with Crippen LogP contribution >= 0.6 is 0 Å². The second-order valence-corrected chi connectivity index (χ2v) is 6.18. The first-order chi connectivity index (χ1) is 11.8. The molecule has 1 aliphatic rings. The Kier molecular flexibility index (Phi) is 5.71. The van der Waals surface area contributed by atoms with Crippen LogP contribution in [-0.2, 0) is 16.0 Å². The van der Waals surface area contributed by atoms with Crippen LogP contribution < -0.4 is 5.32 Å². The van der Waals surface area contributed by atoms with Crippen molar-refractivity contribution in [1.29, 1.82) is 5.26 Å². The summed E-state index contributed by atoms with van der Waals surface area (Å²) in [7, 11) is 3.47. The predicted molar refractivity (Wildman–Crippen MR) is 94.0 cm³/mol. The number of nitrogens with one attached hydrogen (secondary N) is 1. The number of Topliss-reactive ketones (excluding diaryl/α,β-unsaturated/α-hetero) is 1. The zero-order chi connectivity index (χ0) is 18.6. The van der Waals surface area contributed by atoms with Crippen molar-refractivity contribution in [1.82, 2.24) is 4.90 Å². The van der Waals surface area contributed by atoms with Gasteiger partial charge in [0, 0.05) is 32.8 Å². The molecular weight excluding hydrogens is 321 g/mol. The summed E-state index contributed by atoms with van der Waals surface area (Å²) in [6, 6.07) is 4.85. The van der Waals surface area contributed by atoms with Crippen molar-refractivity contribution in [2.24, 2.45) is 0 Å². The number of allylic oxidation sites excluding steroid dienone is 2. The van der Waals surface area contributed by atoms with Gasteiger partial charge in [0.1, 0.15) is 17.5 Å². The van der Waals surface area contributed by atoms with Gasteiger partial charge in [0.2, 0.25) is 11.7 Å². The van der Waals surface area contributed by atoms with Crippen molar-refractivity contribution in [3.8, 4) is 6.07 Å². The Morgan fingerprint density at radius 3 is 2.64 bits per heavy atom. The van der Waals surface area contributed by atoms with Crippen molar-refractivity contribution in [3.63, 3.8) is 0 Å². The maximum absolute atomic E-state index is 14.2. The number of halogens is 1. The van der Waals surface area contributed by atoms with Crippen LogP contribution in [0.4, 0.5) is 10.1 Å². The molecule has 0 radical (unpaired) electrons. The van der Waals surface area contributed by atoms with Crippen molar-refractivity contribution < 1.29 is 14.0 Å². The van der Waals surface area contributed by atoms with Crippen LogP contribution in [0, 0.1) is 17.1 Å². The molecule has 1 N–H and O–H groups in total. The lowest BCUT2D eigenvalue weighted by molar-refractivity contribution is -0.114. The second kappa shape index (κ2) is 7.75. The molecule has 0 bridgehead atoms. The number of amides is 1. The number of benzene rings is 1. The molecule has 1 amide bonds. The van der Waals surface area contributed by atoms with Gasteiger partial charge in [-0.2, -0.15) is 5.26 Å². The SMILES string of the molecule is CC(=O)Nc1cc2c(cc1F)C=C(C(=O)/C(C#N)=C/N(C)C)CCC2. The Morgan fingerprint density at radius 1 is 1.32 bits per heavy atom. The van der Waals surface area contributed by atoms with E-state index in [1.165, 1.54) is 19.2 Å². The fraction of sp³-hybridized carbons (Fsp3) is 0.316. The minimum absolute atomic E-state index is 0.0510. The molecule has 0 unspecified atom stereocenters. The van der Waals surface area contributed by atoms with E-state index < -0.39 is 5.82 Å². The summed E-state index contributed by atoms with van der Waals surface area (Å²) >= 11 is 0. The van der Waals surface area contributed by atoms with Gasteiger partial charge in [0.15, 0.2) is 0 Å². The Balaban J connectivity index is 2.42. The summed E-state index contributed by atoms with van der Waals surface area (Å²) in [6.07, 6.45) is 5.00. The van der Waals surface area contributed by atoms with E-state index in [0.717, 1.165) is 5.56 Å². The molecule has 0 saturated carbocycles. The van der Waals surface area contributed by atoms with Gasteiger partial charge in [-0.05, 0) is 48.6 Å². The Hall–Kier alpha value is -2.94. The molecule has 1 aromatic carbocycles. The van der Waals surface area contributed by atoms with Gasteiger partial charge < -0.3 is 10.2 Å². The molecule has 5 nitrogen and oxygen atoms in total. The first kappa shape index (κ1) is 18.4. The average molecular weight is 341 g/mol. The molecule has 25 heavy (non-hydrogen) atoms. The molecule has 0 spiro atoms. The van der Waals surface area contributed by atoms with Gasteiger partial charge in [-0.1, -0.05) is 0 Å². The molecule has 0 fully saturated rings. The number of aryl methyl sites for hydroxylation is 1. The van der Waals surface area contributed by atoms with E-state index in [1.807, 2.05) is 6.07 Å². The van der Waals surface area contributed by atoms with E-state index in [9.17, 15) is 19.2 Å². The van der Waals surface area contributed by atoms with Crippen LogP contribution in [0.3, 0.4) is 0 Å². The molecule has 130 valence electrons. The lowest BCUT2D eigenvalue weighted by atomic mass is 10.00. The van der Waals surface area contributed by atoms with Crippen molar-refractivity contribution >= 4 is 23.5 Å². The van der Waals surface area contributed by atoms with Gasteiger partial charge >= 0.3 is 0 Å². The highest BCUT2D eigenvalue weighted by Gasteiger charge is 2.20. The molecule has 2 rings (SSSR count). The third kappa shape index (κ3) is 4.54. The smallest absolute Gasteiger partial charge is 0.221 e. The van der Waals surface area contributed by atoms with Crippen LogP contribution in [0.2, 0.25) is 0 Å². The number of nitrogens with zero attached hydrogens (tertiary/aromatic N) is 2. The fourth-order valence-electron chi connectivity index (χ4n) is 2.75. The van der Waals surface area contributed by atoms with Crippen LogP contribution in [0.15, 0.2) is 29.5 Å². The predicted octanol–water partition coefficient (Wildman–Crippen LogP) is 3.04. The van der Waals surface area contributed by atoms with Gasteiger partial charge in [-0.3, -0.25) is 9.59 Å². The van der Waals surface area contributed by atoms with Crippen LogP contribution in [-0.4, -0.2) is 30.7 Å². The number of anilines is 1. The van der Waals surface area contributed by atoms with Gasteiger partial charge in [0.05, 0.1) is 5.69 Å². The number of hydrogen-bond acceptors (Lipinski definition) is 4. The lowest BCUT2D eigenvalue weighted by Crippen LogP contribution is -2.10. The first-order valence-electron chi connectivity index (χ1n) is 7.95. The molecule has 0 heterocycles. The topological polar surface area (TPSA) is 73.2 Å². The molecular formula is C19H20FN3O2. The Labute approximate surface area is 146 Å². The first-order valence-corrected chi connectivity index (χ1v) is 7.95. The Bertz CT molecular complexity index is 817. The van der Waals surface area contributed by atoms with Gasteiger partial charge in [-0.15, -0.1) is 0 Å². The zero-order valence-corrected chi connectivity index (χ0v) is 14.5. The monoisotopic (exact) mass is 341 g/mol. The normalized spacial score (nSPS) is 13.9. The van der Waals surface area contributed by atoms with E-state index in [2.05, 4.69) is 5.32 Å². The number of hydrogen-bond donors (Lipinski definition) is 1. The van der Waals surface area contributed by atoms with E-state index in [4.69, 9.17) is 0 Å². The summed E-state index contributed by atoms with van der Waals surface area (Å²) in [4.78, 5) is 25.4. The summed E-state index contributed by atoms with van der Waals surface area (Å²) in [5.74, 6) is -1.23. The summed E-state index contributed by atoms with van der Waals surface area (Å²) < 4.78 is 14.2. The number of carbonyl (C=O) groups is 2. The molecule has 1 aromatic rings. The van der Waals surface area contributed by atoms with Gasteiger partial charge in [-0.25, -0.2) is 4.39 Å². The zero-order valence-electron chi connectivity index (χ0n) is 14.5. The Morgan fingerprint density at radius 2 is 2.04 bits per heavy atom. The number of rotatable bonds is 4. The van der Waals surface area contributed by atoms with E-state index >= 15 is 0 Å². The summed E-state index contributed by atoms with van der Waals surface area (Å²) in [6.45, 7) is 1.32. The minimum Gasteiger partial charge on any atom is -0.382 e. The minimum atomic E-state index is -0.553. The van der Waals surface area contributed by atoms with E-state index in [1.54, 1.807) is 31.1 Å². The van der Waals surface area contributed by atoms with E-state index in [-0.39, 0.29) is 23.0 Å². The molecule has 6 heteroatoms. The molecule has 0 aromatic heterocycles. The van der Waals surface area contributed by atoms with Crippen molar-refractivity contribution in [3.05, 3.63) is 46.4 Å². The second-order valence-electron chi connectivity index (χ2n) is 6.18.